The number of hydrogen-bond donors (Lipinski definition) is 1. The molecule has 0 aliphatic carbocycles. The van der Waals surface area contributed by atoms with E-state index in [-0.39, 0.29) is 33.5 Å². The smallest absolute Gasteiger partial charge is 0.424 e. The Balaban J connectivity index is -0.000000299. The fourth-order valence-electron chi connectivity index (χ4n) is 1.09. The summed E-state index contributed by atoms with van der Waals surface area (Å²) in [6.07, 6.45) is 0. The van der Waals surface area contributed by atoms with Crippen LogP contribution in [0.25, 0.3) is 11.0 Å². The summed E-state index contributed by atoms with van der Waals surface area (Å²) in [6, 6.07) is 5.69. The molecule has 0 saturated heterocycles. The van der Waals surface area contributed by atoms with E-state index >= 15 is 0 Å². The first-order chi connectivity index (χ1) is 7.25. The minimum atomic E-state index is -0.273. The first-order valence-corrected chi connectivity index (χ1v) is 5.39. The van der Waals surface area contributed by atoms with Crippen molar-refractivity contribution in [3.63, 3.8) is 0 Å². The SMILES string of the molecule is CC.CC.Cc1ccc2[nH]c(=O)[n-]c2c1.[CH3-].[Pd+2]. The van der Waals surface area contributed by atoms with Gasteiger partial charge in [-0.2, -0.15) is 0 Å². The molecule has 0 radical (unpaired) electrons. The Morgan fingerprint density at radius 1 is 1.12 bits per heavy atom. The van der Waals surface area contributed by atoms with E-state index in [0.29, 0.717) is 0 Å². The quantitative estimate of drug-likeness (QED) is 0.596. The standard InChI is InChI=1S/C8H8N2O.2C2H6.CH3.Pd/c1-5-2-3-6-7(4-5)10-8(11)9-6;2*1-2;;/h2-4H,1H3,(H2,9,10,11);2*1-2H3;1H3;/q;;;-1;+2/p-1. The largest absolute Gasteiger partial charge is 2.00 e. The molecule has 0 bridgehead atoms. The summed E-state index contributed by atoms with van der Waals surface area (Å²) in [4.78, 5) is 17.1. The maximum Gasteiger partial charge on any atom is 2.00 e. The van der Waals surface area contributed by atoms with E-state index in [0.717, 1.165) is 16.6 Å². The van der Waals surface area contributed by atoms with E-state index in [4.69, 9.17) is 0 Å². The average Bonchev–Trinajstić information content (AvgIpc) is 2.63. The third kappa shape index (κ3) is 6.45. The summed E-state index contributed by atoms with van der Waals surface area (Å²) >= 11 is 0. The van der Waals surface area contributed by atoms with E-state index in [1.165, 1.54) is 0 Å². The summed E-state index contributed by atoms with van der Waals surface area (Å²) < 4.78 is 0. The number of aromatic amines is 1. The van der Waals surface area contributed by atoms with Crippen LogP contribution in [-0.2, 0) is 20.4 Å². The fourth-order valence-corrected chi connectivity index (χ4v) is 1.09. The van der Waals surface area contributed by atoms with E-state index in [9.17, 15) is 4.79 Å². The maximum absolute atomic E-state index is 10.7. The molecule has 2 aromatic rings. The number of hydrogen-bond acceptors (Lipinski definition) is 1. The Morgan fingerprint density at radius 3 is 2.18 bits per heavy atom. The number of aryl methyl sites for hydroxylation is 1. The molecule has 3 nitrogen and oxygen atoms in total. The molecule has 1 N–H and O–H groups in total. The van der Waals surface area contributed by atoms with Crippen LogP contribution in [0.5, 0.6) is 0 Å². The van der Waals surface area contributed by atoms with E-state index in [1.54, 1.807) is 0 Å². The van der Waals surface area contributed by atoms with Crippen LogP contribution >= 0.6 is 0 Å². The second-order valence-corrected chi connectivity index (χ2v) is 2.56. The minimum Gasteiger partial charge on any atom is -0.424 e. The zero-order valence-electron chi connectivity index (χ0n) is 11.4. The van der Waals surface area contributed by atoms with Gasteiger partial charge in [-0.1, -0.05) is 51.5 Å². The first kappa shape index (κ1) is 21.4. The first-order valence-electron chi connectivity index (χ1n) is 5.39. The third-order valence-corrected chi connectivity index (χ3v) is 1.62. The van der Waals surface area contributed by atoms with Crippen molar-refractivity contribution in [1.29, 1.82) is 0 Å². The predicted octanol–water partition coefficient (Wildman–Crippen LogP) is 3.29. The van der Waals surface area contributed by atoms with Crippen molar-refractivity contribution in [2.45, 2.75) is 34.6 Å². The van der Waals surface area contributed by atoms with Crippen molar-refractivity contribution in [3.8, 4) is 0 Å². The molecule has 0 spiro atoms. The molecule has 100 valence electrons. The van der Waals surface area contributed by atoms with Crippen LogP contribution < -0.4 is 10.7 Å². The molecular weight excluding hydrogens is 307 g/mol. The van der Waals surface area contributed by atoms with Crippen molar-refractivity contribution >= 4 is 11.0 Å². The van der Waals surface area contributed by atoms with E-state index < -0.39 is 0 Å². The Morgan fingerprint density at radius 2 is 1.65 bits per heavy atom. The molecule has 2 rings (SSSR count). The molecule has 0 unspecified atom stereocenters. The number of H-pyrrole nitrogens is 1. The van der Waals surface area contributed by atoms with Gasteiger partial charge in [0, 0.05) is 0 Å². The number of nitrogens with one attached hydrogen (secondary N) is 1. The van der Waals surface area contributed by atoms with Gasteiger partial charge >= 0.3 is 20.4 Å². The molecule has 0 fully saturated rings. The zero-order valence-corrected chi connectivity index (χ0v) is 13.0. The summed E-state index contributed by atoms with van der Waals surface area (Å²) in [5.74, 6) is 0. The second-order valence-electron chi connectivity index (χ2n) is 2.56. The van der Waals surface area contributed by atoms with E-state index in [1.807, 2.05) is 52.8 Å². The third-order valence-electron chi connectivity index (χ3n) is 1.62. The van der Waals surface area contributed by atoms with Crippen LogP contribution in [0.1, 0.15) is 33.3 Å². The molecule has 1 aromatic heterocycles. The van der Waals surface area contributed by atoms with Gasteiger partial charge in [0.25, 0.3) is 0 Å². The van der Waals surface area contributed by atoms with Crippen LogP contribution in [-0.4, -0.2) is 4.98 Å². The Bertz CT molecular complexity index is 446. The average molecular weight is 329 g/mol. The Labute approximate surface area is 118 Å². The number of aromatic nitrogens is 2. The maximum atomic E-state index is 10.7. The van der Waals surface area contributed by atoms with Crippen molar-refractivity contribution in [1.82, 2.24) is 9.97 Å². The number of fused-ring (bicyclic) bond motifs is 1. The van der Waals surface area contributed by atoms with Crippen LogP contribution in [0.2, 0.25) is 0 Å². The zero-order chi connectivity index (χ0) is 11.8. The van der Waals surface area contributed by atoms with E-state index in [2.05, 4.69) is 9.97 Å². The van der Waals surface area contributed by atoms with Crippen LogP contribution in [0, 0.1) is 14.4 Å². The van der Waals surface area contributed by atoms with Gasteiger partial charge in [0.15, 0.2) is 5.69 Å². The fraction of sp³-hybridized carbons (Fsp3) is 0.385. The summed E-state index contributed by atoms with van der Waals surface area (Å²) in [5.41, 5.74) is 2.39. The van der Waals surface area contributed by atoms with Gasteiger partial charge in [-0.15, -0.1) is 0 Å². The van der Waals surface area contributed by atoms with Gasteiger partial charge in [-0.3, -0.25) is 4.79 Å². The molecule has 0 atom stereocenters. The van der Waals surface area contributed by atoms with Crippen LogP contribution in [0.4, 0.5) is 0 Å². The summed E-state index contributed by atoms with van der Waals surface area (Å²) in [6.45, 7) is 9.97. The van der Waals surface area contributed by atoms with Gasteiger partial charge in [-0.25, -0.2) is 0 Å². The molecule has 1 heterocycles. The van der Waals surface area contributed by atoms with Gasteiger partial charge < -0.3 is 17.4 Å². The molecule has 0 saturated carbocycles. The molecule has 0 aliphatic heterocycles. The van der Waals surface area contributed by atoms with Gasteiger partial charge in [-0.05, 0) is 18.0 Å². The summed E-state index contributed by atoms with van der Waals surface area (Å²) in [7, 11) is 0. The number of benzene rings is 1. The summed E-state index contributed by atoms with van der Waals surface area (Å²) in [5, 5.41) is 0. The normalized spacial score (nSPS) is 7.59. The number of rotatable bonds is 0. The Kier molecular flexibility index (Phi) is 14.7. The molecular formula is C13H22N2OPd. The van der Waals surface area contributed by atoms with Gasteiger partial charge in [0.1, 0.15) is 0 Å². The number of nitrogens with zero attached hydrogens (tertiary/aromatic N) is 1. The molecule has 4 heteroatoms. The van der Waals surface area contributed by atoms with Crippen LogP contribution in [0.15, 0.2) is 23.0 Å². The minimum absolute atomic E-state index is 0. The molecule has 0 amide bonds. The Hall–Kier alpha value is -0.848. The van der Waals surface area contributed by atoms with Gasteiger partial charge in [0.2, 0.25) is 0 Å². The molecule has 0 aliphatic rings. The molecule has 17 heavy (non-hydrogen) atoms. The topological polar surface area (TPSA) is 47.0 Å². The van der Waals surface area contributed by atoms with Crippen molar-refractivity contribution in [3.05, 3.63) is 41.7 Å². The second kappa shape index (κ2) is 11.6. The molecule has 1 aromatic carbocycles. The number of imidazole rings is 1. The van der Waals surface area contributed by atoms with Crippen LogP contribution in [0.3, 0.4) is 0 Å². The van der Waals surface area contributed by atoms with Crippen molar-refractivity contribution in [2.24, 2.45) is 0 Å². The van der Waals surface area contributed by atoms with Crippen molar-refractivity contribution < 1.29 is 20.4 Å². The predicted molar refractivity (Wildman–Crippen MR) is 71.7 cm³/mol. The van der Waals surface area contributed by atoms with Crippen molar-refractivity contribution in [2.75, 3.05) is 0 Å². The van der Waals surface area contributed by atoms with Gasteiger partial charge in [0.05, 0.1) is 0 Å². The monoisotopic (exact) mass is 328 g/mol.